The molecule has 0 spiro atoms. The second-order valence-electron chi connectivity index (χ2n) is 13.0. The van der Waals surface area contributed by atoms with Crippen molar-refractivity contribution < 1.29 is 0 Å². The van der Waals surface area contributed by atoms with Crippen LogP contribution in [0.4, 0.5) is 34.3 Å². The number of nitrogens with zero attached hydrogens (tertiary/aromatic N) is 6. The first-order valence-electron chi connectivity index (χ1n) is 15.8. The minimum atomic E-state index is 0.00701. The predicted molar refractivity (Wildman–Crippen MR) is 192 cm³/mol. The van der Waals surface area contributed by atoms with Gasteiger partial charge in [0.15, 0.2) is 0 Å². The molecule has 0 saturated carbocycles. The topological polar surface area (TPSA) is 40.4 Å². The molecule has 0 N–H and O–H groups in total. The van der Waals surface area contributed by atoms with Gasteiger partial charge in [0.25, 0.3) is 0 Å². The van der Waals surface area contributed by atoms with E-state index in [1.54, 1.807) is 0 Å². The number of para-hydroxylation sites is 4. The minimum Gasteiger partial charge on any atom is -0.355 e. The molecule has 0 bridgehead atoms. The normalized spacial score (nSPS) is 13.0. The number of benzene rings is 4. The molecule has 7 aromatic rings. The van der Waals surface area contributed by atoms with Gasteiger partial charge < -0.3 is 9.80 Å². The van der Waals surface area contributed by atoms with E-state index in [9.17, 15) is 0 Å². The molecule has 226 valence electrons. The van der Waals surface area contributed by atoms with Crippen LogP contribution in [0.5, 0.6) is 0 Å². The molecule has 3 aromatic heterocycles. The van der Waals surface area contributed by atoms with Gasteiger partial charge >= 0.3 is 0 Å². The monoisotopic (exact) mass is 600 g/mol. The number of fused-ring (bicyclic) bond motifs is 4. The largest absolute Gasteiger partial charge is 0.355 e. The average Bonchev–Trinajstić information content (AvgIpc) is 3.60. The van der Waals surface area contributed by atoms with Crippen molar-refractivity contribution in [2.45, 2.75) is 26.2 Å². The fraction of sp³-hybridized carbons (Fsp3) is 0.150. The smallest absolute Gasteiger partial charge is 0.139 e. The van der Waals surface area contributed by atoms with Gasteiger partial charge in [-0.15, -0.1) is 0 Å². The van der Waals surface area contributed by atoms with Crippen LogP contribution in [0.3, 0.4) is 0 Å². The molecule has 6 heteroatoms. The molecule has 4 heterocycles. The van der Waals surface area contributed by atoms with E-state index in [1.807, 2.05) is 12.4 Å². The lowest BCUT2D eigenvalue weighted by atomic mass is 9.88. The van der Waals surface area contributed by atoms with Crippen molar-refractivity contribution in [2.24, 2.45) is 0 Å². The Bertz CT molecular complexity index is 2210. The van der Waals surface area contributed by atoms with Gasteiger partial charge in [0, 0.05) is 53.3 Å². The van der Waals surface area contributed by atoms with Crippen LogP contribution in [0.1, 0.15) is 26.3 Å². The predicted octanol–water partition coefficient (Wildman–Crippen LogP) is 9.89. The summed E-state index contributed by atoms with van der Waals surface area (Å²) in [6, 6.07) is 43.0. The van der Waals surface area contributed by atoms with Gasteiger partial charge in [0.1, 0.15) is 11.6 Å². The molecule has 0 atom stereocenters. The third-order valence-corrected chi connectivity index (χ3v) is 8.98. The van der Waals surface area contributed by atoms with E-state index in [1.165, 1.54) is 27.7 Å². The minimum absolute atomic E-state index is 0.00701. The summed E-state index contributed by atoms with van der Waals surface area (Å²) in [6.07, 6.45) is 3.85. The van der Waals surface area contributed by atoms with Crippen LogP contribution in [-0.4, -0.2) is 28.3 Å². The fourth-order valence-corrected chi connectivity index (χ4v) is 6.64. The van der Waals surface area contributed by atoms with E-state index in [-0.39, 0.29) is 5.41 Å². The van der Waals surface area contributed by atoms with Crippen LogP contribution in [0.2, 0.25) is 0 Å². The van der Waals surface area contributed by atoms with Crippen LogP contribution in [0.25, 0.3) is 27.6 Å². The highest BCUT2D eigenvalue weighted by Gasteiger charge is 2.26. The van der Waals surface area contributed by atoms with Crippen LogP contribution in [-0.2, 0) is 5.41 Å². The first kappa shape index (κ1) is 27.9. The van der Waals surface area contributed by atoms with Gasteiger partial charge in [0.05, 0.1) is 29.1 Å². The number of pyridine rings is 2. The van der Waals surface area contributed by atoms with Gasteiger partial charge in [-0.05, 0) is 71.6 Å². The molecule has 1 aliphatic rings. The molecule has 4 aromatic carbocycles. The summed E-state index contributed by atoms with van der Waals surface area (Å²) < 4.78 is 2.30. The van der Waals surface area contributed by atoms with Crippen molar-refractivity contribution in [3.8, 4) is 5.82 Å². The molecular formula is C40H36N6. The molecule has 46 heavy (non-hydrogen) atoms. The first-order valence-corrected chi connectivity index (χ1v) is 15.8. The maximum absolute atomic E-state index is 4.95. The van der Waals surface area contributed by atoms with Crippen molar-refractivity contribution >= 4 is 56.1 Å². The summed E-state index contributed by atoms with van der Waals surface area (Å²) in [6.45, 7) is 7.51. The third-order valence-electron chi connectivity index (χ3n) is 8.98. The third kappa shape index (κ3) is 4.65. The van der Waals surface area contributed by atoms with Crippen molar-refractivity contribution in [3.63, 3.8) is 0 Å². The van der Waals surface area contributed by atoms with Crippen molar-refractivity contribution in [1.82, 2.24) is 14.5 Å². The number of hydrogen-bond donors (Lipinski definition) is 0. The number of hydrogen-bond acceptors (Lipinski definition) is 5. The Kier molecular flexibility index (Phi) is 6.53. The van der Waals surface area contributed by atoms with Gasteiger partial charge in [-0.3, -0.25) is 9.47 Å². The maximum Gasteiger partial charge on any atom is 0.139 e. The van der Waals surface area contributed by atoms with E-state index in [2.05, 4.69) is 168 Å². The lowest BCUT2D eigenvalue weighted by Gasteiger charge is -2.26. The summed E-state index contributed by atoms with van der Waals surface area (Å²) in [7, 11) is 2.14. The van der Waals surface area contributed by atoms with Gasteiger partial charge in [0.2, 0.25) is 0 Å². The molecule has 0 radical (unpaired) electrons. The summed E-state index contributed by atoms with van der Waals surface area (Å²) in [5.74, 6) is 1.77. The van der Waals surface area contributed by atoms with Crippen LogP contribution < -0.4 is 14.7 Å². The quantitative estimate of drug-likeness (QED) is 0.197. The second-order valence-corrected chi connectivity index (χ2v) is 13.0. The van der Waals surface area contributed by atoms with Gasteiger partial charge in [-0.2, -0.15) is 0 Å². The maximum atomic E-state index is 4.95. The van der Waals surface area contributed by atoms with Gasteiger partial charge in [-0.1, -0.05) is 75.4 Å². The van der Waals surface area contributed by atoms with Crippen LogP contribution in [0.15, 0.2) is 134 Å². The van der Waals surface area contributed by atoms with Crippen molar-refractivity contribution in [3.05, 3.63) is 139 Å². The number of aromatic nitrogens is 3. The molecule has 0 aliphatic carbocycles. The lowest BCUT2D eigenvalue weighted by molar-refractivity contribution is 0.588. The summed E-state index contributed by atoms with van der Waals surface area (Å²) in [5, 5.41) is 2.39. The summed E-state index contributed by atoms with van der Waals surface area (Å²) >= 11 is 0. The Morgan fingerprint density at radius 3 is 2.17 bits per heavy atom. The summed E-state index contributed by atoms with van der Waals surface area (Å²) in [5.41, 5.74) is 9.09. The van der Waals surface area contributed by atoms with Gasteiger partial charge in [-0.25, -0.2) is 9.97 Å². The second kappa shape index (κ2) is 10.8. The number of rotatable bonds is 5. The molecule has 0 unspecified atom stereocenters. The Balaban J connectivity index is 1.32. The van der Waals surface area contributed by atoms with E-state index >= 15 is 0 Å². The van der Waals surface area contributed by atoms with E-state index in [0.717, 1.165) is 46.4 Å². The zero-order valence-corrected chi connectivity index (χ0v) is 26.6. The van der Waals surface area contributed by atoms with Crippen LogP contribution in [0, 0.1) is 0 Å². The van der Waals surface area contributed by atoms with E-state index in [0.29, 0.717) is 0 Å². The van der Waals surface area contributed by atoms with E-state index in [4.69, 9.17) is 9.97 Å². The van der Waals surface area contributed by atoms with E-state index < -0.39 is 0 Å². The zero-order chi connectivity index (χ0) is 31.4. The Labute approximate surface area is 269 Å². The van der Waals surface area contributed by atoms with Crippen molar-refractivity contribution in [2.75, 3.05) is 28.4 Å². The van der Waals surface area contributed by atoms with Crippen molar-refractivity contribution in [1.29, 1.82) is 0 Å². The first-order chi connectivity index (χ1) is 22.4. The highest BCUT2D eigenvalue weighted by Crippen LogP contribution is 2.43. The highest BCUT2D eigenvalue weighted by molar-refractivity contribution is 6.10. The lowest BCUT2D eigenvalue weighted by Crippen LogP contribution is -2.24. The molecular weight excluding hydrogens is 564 g/mol. The fourth-order valence-electron chi connectivity index (χ4n) is 6.64. The number of anilines is 6. The molecule has 0 amide bonds. The van der Waals surface area contributed by atoms with Crippen LogP contribution >= 0.6 is 0 Å². The molecule has 0 saturated heterocycles. The molecule has 1 aliphatic heterocycles. The summed E-state index contributed by atoms with van der Waals surface area (Å²) in [4.78, 5) is 16.7. The average molecular weight is 601 g/mol. The molecule has 8 rings (SSSR count). The SMILES string of the molecule is CN1CN(c2ccnc(N(c3ccccc3)c3ccc4c5ccccc5n(-c5cc(C(C)(C)C)ccn5)c4c3)c2)c2ccccc21. The Morgan fingerprint density at radius 2 is 1.35 bits per heavy atom. The highest BCUT2D eigenvalue weighted by atomic mass is 15.4. The Morgan fingerprint density at radius 1 is 0.630 bits per heavy atom. The standard InChI is InChI=1S/C40H36N6/c1-40(2,3)28-20-22-41-38(24-28)46-34-15-9-8-14-32(34)33-19-18-31(25-37(33)46)45(29-12-6-5-7-13-29)39-26-30(21-23-42-39)44-27-43(4)35-16-10-11-17-36(35)44/h5-26H,27H2,1-4H3. The molecule has 6 nitrogen and oxygen atoms in total. The Hall–Kier alpha value is -5.62. The zero-order valence-electron chi connectivity index (χ0n) is 26.6. The molecule has 0 fully saturated rings.